The molecule has 0 amide bonds. The summed E-state index contributed by atoms with van der Waals surface area (Å²) in [6.45, 7) is 1.55. The van der Waals surface area contributed by atoms with Crippen LogP contribution in [0.15, 0.2) is 66.9 Å². The SMILES string of the molecule is COc1ccc(-c2cn3c(Cc4ccc(C(F)(F)F)nc4C)nnc3cc2-c2ccc(Cl)cc2)c(Cl)c1. The number of methoxy groups -OCH3 is 1. The molecule has 5 aromatic rings. The highest BCUT2D eigenvalue weighted by Crippen LogP contribution is 2.39. The molecule has 0 unspecified atom stereocenters. The first-order chi connectivity index (χ1) is 17.6. The predicted octanol–water partition coefficient (Wildman–Crippen LogP) is 7.69. The van der Waals surface area contributed by atoms with E-state index in [1.807, 2.05) is 40.9 Å². The van der Waals surface area contributed by atoms with Crippen LogP contribution < -0.4 is 4.74 Å². The van der Waals surface area contributed by atoms with Crippen LogP contribution in [-0.2, 0) is 12.6 Å². The van der Waals surface area contributed by atoms with Gasteiger partial charge in [-0.15, -0.1) is 10.2 Å². The lowest BCUT2D eigenvalue weighted by Crippen LogP contribution is -2.10. The zero-order valence-electron chi connectivity index (χ0n) is 19.6. The number of fused-ring (bicyclic) bond motifs is 1. The maximum absolute atomic E-state index is 13.1. The van der Waals surface area contributed by atoms with E-state index < -0.39 is 11.9 Å². The Hall–Kier alpha value is -3.62. The topological polar surface area (TPSA) is 52.3 Å². The Bertz CT molecular complexity index is 1620. The second-order valence-corrected chi connectivity index (χ2v) is 9.26. The summed E-state index contributed by atoms with van der Waals surface area (Å²) in [5.41, 5.74) is 3.89. The van der Waals surface area contributed by atoms with Gasteiger partial charge in [0.25, 0.3) is 0 Å². The van der Waals surface area contributed by atoms with Crippen molar-refractivity contribution >= 4 is 28.8 Å². The number of hydrogen-bond acceptors (Lipinski definition) is 4. The molecule has 3 aromatic heterocycles. The number of halogens is 5. The summed E-state index contributed by atoms with van der Waals surface area (Å²) >= 11 is 12.8. The Morgan fingerprint density at radius 3 is 2.30 bits per heavy atom. The van der Waals surface area contributed by atoms with Crippen LogP contribution in [0.3, 0.4) is 0 Å². The molecule has 5 rings (SSSR count). The van der Waals surface area contributed by atoms with Gasteiger partial charge in [-0.3, -0.25) is 4.40 Å². The summed E-state index contributed by atoms with van der Waals surface area (Å²) in [6, 6.07) is 17.1. The number of aromatic nitrogens is 4. The van der Waals surface area contributed by atoms with E-state index in [1.165, 1.54) is 6.07 Å². The molecule has 0 aliphatic carbocycles. The Morgan fingerprint density at radius 1 is 0.892 bits per heavy atom. The largest absolute Gasteiger partial charge is 0.497 e. The Morgan fingerprint density at radius 2 is 1.65 bits per heavy atom. The minimum atomic E-state index is -4.50. The average molecular weight is 543 g/mol. The zero-order valence-corrected chi connectivity index (χ0v) is 21.2. The number of rotatable bonds is 5. The molecule has 0 radical (unpaired) electrons. The third-order valence-electron chi connectivity index (χ3n) is 6.07. The Labute approximate surface area is 220 Å². The molecule has 0 aliphatic heterocycles. The standard InChI is InChI=1S/C27H19Cl2F3N4O/c1-15-17(5-10-24(33-15)27(30,31)32)11-25-34-35-26-13-21(16-3-6-18(28)7-4-16)22(14-36(25)26)20-9-8-19(37-2)12-23(20)29/h3-10,12-14H,11H2,1-2H3. The Kier molecular flexibility index (Phi) is 6.56. The molecule has 5 nitrogen and oxygen atoms in total. The lowest BCUT2D eigenvalue weighted by atomic mass is 9.96. The second kappa shape index (κ2) is 9.68. The molecule has 0 fully saturated rings. The van der Waals surface area contributed by atoms with Gasteiger partial charge in [0.2, 0.25) is 0 Å². The second-order valence-electron chi connectivity index (χ2n) is 8.41. The van der Waals surface area contributed by atoms with Crippen molar-refractivity contribution in [3.63, 3.8) is 0 Å². The molecular weight excluding hydrogens is 524 g/mol. The Balaban J connectivity index is 1.65. The minimum absolute atomic E-state index is 0.244. The summed E-state index contributed by atoms with van der Waals surface area (Å²) in [5, 5.41) is 9.75. The normalized spacial score (nSPS) is 11.8. The average Bonchev–Trinajstić information content (AvgIpc) is 3.26. The first kappa shape index (κ1) is 25.0. The van der Waals surface area contributed by atoms with Crippen molar-refractivity contribution in [1.29, 1.82) is 0 Å². The number of pyridine rings is 2. The number of alkyl halides is 3. The van der Waals surface area contributed by atoms with Crippen LogP contribution in [0.2, 0.25) is 10.0 Å². The van der Waals surface area contributed by atoms with E-state index in [0.717, 1.165) is 28.3 Å². The van der Waals surface area contributed by atoms with Gasteiger partial charge in [0, 0.05) is 34.5 Å². The van der Waals surface area contributed by atoms with Gasteiger partial charge in [0.15, 0.2) is 5.65 Å². The number of aryl methyl sites for hydroxylation is 1. The van der Waals surface area contributed by atoms with Gasteiger partial charge < -0.3 is 4.74 Å². The first-order valence-electron chi connectivity index (χ1n) is 11.2. The van der Waals surface area contributed by atoms with Crippen molar-refractivity contribution in [2.24, 2.45) is 0 Å². The number of benzene rings is 2. The summed E-state index contributed by atoms with van der Waals surface area (Å²) in [6.07, 6.45) is -2.38. The van der Waals surface area contributed by atoms with Crippen LogP contribution in [0.5, 0.6) is 5.75 Å². The molecular formula is C27H19Cl2F3N4O. The summed E-state index contributed by atoms with van der Waals surface area (Å²) < 4.78 is 46.3. The fraction of sp³-hybridized carbons (Fsp3) is 0.148. The molecule has 0 aliphatic rings. The molecule has 3 heterocycles. The smallest absolute Gasteiger partial charge is 0.433 e. The van der Waals surface area contributed by atoms with E-state index in [1.54, 1.807) is 32.2 Å². The summed E-state index contributed by atoms with van der Waals surface area (Å²) in [4.78, 5) is 3.74. The lowest BCUT2D eigenvalue weighted by molar-refractivity contribution is -0.141. The van der Waals surface area contributed by atoms with Crippen LogP contribution in [0.25, 0.3) is 27.9 Å². The van der Waals surface area contributed by atoms with E-state index in [-0.39, 0.29) is 12.1 Å². The van der Waals surface area contributed by atoms with Crippen molar-refractivity contribution in [1.82, 2.24) is 19.6 Å². The van der Waals surface area contributed by atoms with Crippen LogP contribution in [0.4, 0.5) is 13.2 Å². The number of nitrogens with zero attached hydrogens (tertiary/aromatic N) is 4. The van der Waals surface area contributed by atoms with E-state index in [2.05, 4.69) is 15.2 Å². The van der Waals surface area contributed by atoms with Crippen LogP contribution in [0.1, 0.15) is 22.8 Å². The molecule has 0 saturated heterocycles. The first-order valence-corrected chi connectivity index (χ1v) is 11.9. The summed E-state index contributed by atoms with van der Waals surface area (Å²) in [7, 11) is 1.57. The molecule has 188 valence electrons. The van der Waals surface area contributed by atoms with Crippen LogP contribution in [-0.4, -0.2) is 26.7 Å². The van der Waals surface area contributed by atoms with Crippen LogP contribution >= 0.6 is 23.2 Å². The van der Waals surface area contributed by atoms with Gasteiger partial charge in [0.05, 0.1) is 12.1 Å². The maximum Gasteiger partial charge on any atom is 0.433 e. The molecule has 0 atom stereocenters. The fourth-order valence-corrected chi connectivity index (χ4v) is 4.53. The van der Waals surface area contributed by atoms with Crippen LogP contribution in [0, 0.1) is 6.92 Å². The van der Waals surface area contributed by atoms with E-state index in [9.17, 15) is 13.2 Å². The highest BCUT2D eigenvalue weighted by Gasteiger charge is 2.32. The van der Waals surface area contributed by atoms with E-state index >= 15 is 0 Å². The van der Waals surface area contributed by atoms with Crippen molar-refractivity contribution in [2.75, 3.05) is 7.11 Å². The van der Waals surface area contributed by atoms with E-state index in [4.69, 9.17) is 27.9 Å². The van der Waals surface area contributed by atoms with Crippen molar-refractivity contribution in [3.8, 4) is 28.0 Å². The molecule has 0 bridgehead atoms. The zero-order chi connectivity index (χ0) is 26.3. The van der Waals surface area contributed by atoms with Gasteiger partial charge in [-0.1, -0.05) is 41.4 Å². The van der Waals surface area contributed by atoms with Gasteiger partial charge in [-0.25, -0.2) is 4.98 Å². The van der Waals surface area contributed by atoms with Gasteiger partial charge in [-0.2, -0.15) is 13.2 Å². The maximum atomic E-state index is 13.1. The van der Waals surface area contributed by atoms with Gasteiger partial charge in [0.1, 0.15) is 17.3 Å². The highest BCUT2D eigenvalue weighted by molar-refractivity contribution is 6.33. The summed E-state index contributed by atoms with van der Waals surface area (Å²) in [5.74, 6) is 1.17. The monoisotopic (exact) mass is 542 g/mol. The number of hydrogen-bond donors (Lipinski definition) is 0. The third-order valence-corrected chi connectivity index (χ3v) is 6.64. The molecule has 0 spiro atoms. The van der Waals surface area contributed by atoms with Gasteiger partial charge >= 0.3 is 6.18 Å². The third kappa shape index (κ3) is 4.99. The predicted molar refractivity (Wildman–Crippen MR) is 137 cm³/mol. The highest BCUT2D eigenvalue weighted by atomic mass is 35.5. The number of ether oxygens (including phenoxy) is 1. The fourth-order valence-electron chi connectivity index (χ4n) is 4.13. The molecule has 0 saturated carbocycles. The molecule has 10 heteroatoms. The van der Waals surface area contributed by atoms with E-state index in [0.29, 0.717) is 32.8 Å². The minimum Gasteiger partial charge on any atom is -0.497 e. The van der Waals surface area contributed by atoms with Crippen molar-refractivity contribution in [3.05, 3.63) is 99.7 Å². The molecule has 0 N–H and O–H groups in total. The van der Waals surface area contributed by atoms with Crippen molar-refractivity contribution in [2.45, 2.75) is 19.5 Å². The quantitative estimate of drug-likeness (QED) is 0.228. The molecule has 37 heavy (non-hydrogen) atoms. The van der Waals surface area contributed by atoms with Crippen molar-refractivity contribution < 1.29 is 17.9 Å². The van der Waals surface area contributed by atoms with Gasteiger partial charge in [-0.05, 0) is 66.1 Å². The lowest BCUT2D eigenvalue weighted by Gasteiger charge is -2.14. The molecule has 2 aromatic carbocycles.